The third-order valence-corrected chi connectivity index (χ3v) is 6.69. The lowest BCUT2D eigenvalue weighted by atomic mass is 10.2. The van der Waals surface area contributed by atoms with Crippen LogP contribution in [0.3, 0.4) is 0 Å². The zero-order valence-electron chi connectivity index (χ0n) is 13.7. The first-order valence-corrected chi connectivity index (χ1v) is 9.70. The summed E-state index contributed by atoms with van der Waals surface area (Å²) >= 11 is 0. The van der Waals surface area contributed by atoms with Crippen LogP contribution < -0.4 is 10.6 Å². The van der Waals surface area contributed by atoms with Crippen molar-refractivity contribution in [1.29, 1.82) is 0 Å². The van der Waals surface area contributed by atoms with Crippen LogP contribution in [0.1, 0.15) is 39.0 Å². The quantitative estimate of drug-likeness (QED) is 0.464. The minimum Gasteiger partial charge on any atom is -0.376 e. The lowest BCUT2D eigenvalue weighted by molar-refractivity contribution is 0.160. The molecule has 0 aliphatic heterocycles. The first kappa shape index (κ1) is 17.2. The molecule has 0 aromatic heterocycles. The van der Waals surface area contributed by atoms with Crippen LogP contribution in [0.15, 0.2) is 60.7 Å². The van der Waals surface area contributed by atoms with E-state index in [1.165, 1.54) is 36.3 Å². The van der Waals surface area contributed by atoms with E-state index < -0.39 is 7.92 Å². The molecular formula is C20H27OP. The molecule has 2 rings (SSSR count). The third kappa shape index (κ3) is 4.93. The highest BCUT2D eigenvalue weighted by Gasteiger charge is 2.23. The Kier molecular flexibility index (Phi) is 7.63. The molecule has 0 radical (unpaired) electrons. The molecular weight excluding hydrogens is 287 g/mol. The second kappa shape index (κ2) is 9.77. The summed E-state index contributed by atoms with van der Waals surface area (Å²) in [6.07, 6.45) is 6.31. The fourth-order valence-electron chi connectivity index (χ4n) is 2.76. The van der Waals surface area contributed by atoms with Crippen LogP contribution in [0.2, 0.25) is 0 Å². The van der Waals surface area contributed by atoms with Gasteiger partial charge in [0.25, 0.3) is 0 Å². The first-order chi connectivity index (χ1) is 10.9. The van der Waals surface area contributed by atoms with Crippen molar-refractivity contribution in [2.24, 2.45) is 0 Å². The molecule has 0 aliphatic carbocycles. The van der Waals surface area contributed by atoms with Gasteiger partial charge in [0.05, 0.1) is 5.85 Å². The maximum atomic E-state index is 5.93. The van der Waals surface area contributed by atoms with E-state index in [0.717, 1.165) is 6.42 Å². The summed E-state index contributed by atoms with van der Waals surface area (Å²) in [5, 5.41) is 2.82. The summed E-state index contributed by atoms with van der Waals surface area (Å²) in [5.41, 5.74) is 0. The van der Waals surface area contributed by atoms with E-state index in [-0.39, 0.29) is 0 Å². The lowest BCUT2D eigenvalue weighted by Crippen LogP contribution is -2.23. The minimum absolute atomic E-state index is 0.302. The number of ether oxygens (including phenoxy) is 1. The molecule has 1 nitrogen and oxygen atoms in total. The van der Waals surface area contributed by atoms with Crippen LogP contribution in [0.25, 0.3) is 0 Å². The maximum absolute atomic E-state index is 5.93. The fraction of sp³-hybridized carbons (Fsp3) is 0.400. The standard InChI is InChI=1S/C20H27OP/c1-3-4-5-12-17-20(21-2)22(18-13-8-6-9-14-18)19-15-10-7-11-16-19/h6-11,13-16,20H,3-5,12,17H2,1-2H3. The average molecular weight is 314 g/mol. The van der Waals surface area contributed by atoms with Crippen LogP contribution in [-0.4, -0.2) is 13.0 Å². The predicted molar refractivity (Wildman–Crippen MR) is 98.6 cm³/mol. The summed E-state index contributed by atoms with van der Waals surface area (Å²) < 4.78 is 5.93. The van der Waals surface area contributed by atoms with Crippen molar-refractivity contribution in [3.63, 3.8) is 0 Å². The van der Waals surface area contributed by atoms with Gasteiger partial charge in [-0.3, -0.25) is 0 Å². The van der Waals surface area contributed by atoms with Crippen molar-refractivity contribution < 1.29 is 4.74 Å². The van der Waals surface area contributed by atoms with E-state index in [0.29, 0.717) is 5.85 Å². The number of rotatable bonds is 9. The number of unbranched alkanes of at least 4 members (excludes halogenated alkanes) is 3. The van der Waals surface area contributed by atoms with Gasteiger partial charge in [-0.25, -0.2) is 0 Å². The molecule has 0 amide bonds. The summed E-state index contributed by atoms with van der Waals surface area (Å²) in [6, 6.07) is 21.7. The van der Waals surface area contributed by atoms with Crippen molar-refractivity contribution in [1.82, 2.24) is 0 Å². The number of hydrogen-bond donors (Lipinski definition) is 0. The zero-order valence-corrected chi connectivity index (χ0v) is 14.6. The van der Waals surface area contributed by atoms with E-state index in [2.05, 4.69) is 67.6 Å². The van der Waals surface area contributed by atoms with Crippen molar-refractivity contribution in [3.05, 3.63) is 60.7 Å². The van der Waals surface area contributed by atoms with Gasteiger partial charge in [0.15, 0.2) is 0 Å². The Labute approximate surface area is 136 Å². The van der Waals surface area contributed by atoms with Gasteiger partial charge in [-0.05, 0) is 25.0 Å². The smallest absolute Gasteiger partial charge is 0.0844 e. The maximum Gasteiger partial charge on any atom is 0.0844 e. The molecule has 22 heavy (non-hydrogen) atoms. The molecule has 0 spiro atoms. The highest BCUT2D eigenvalue weighted by molar-refractivity contribution is 7.73. The first-order valence-electron chi connectivity index (χ1n) is 8.29. The molecule has 0 heterocycles. The van der Waals surface area contributed by atoms with Gasteiger partial charge in [0.2, 0.25) is 0 Å². The number of benzene rings is 2. The van der Waals surface area contributed by atoms with Crippen LogP contribution in [0, 0.1) is 0 Å². The Morgan fingerprint density at radius 3 is 1.82 bits per heavy atom. The predicted octanol–water partition coefficient (Wildman–Crippen LogP) is 5.06. The Morgan fingerprint density at radius 1 is 0.818 bits per heavy atom. The minimum atomic E-state index is -0.458. The SMILES string of the molecule is CCCCCCC(OC)P(c1ccccc1)c1ccccc1. The lowest BCUT2D eigenvalue weighted by Gasteiger charge is -2.27. The topological polar surface area (TPSA) is 9.23 Å². The Morgan fingerprint density at radius 2 is 1.36 bits per heavy atom. The van der Waals surface area contributed by atoms with Crippen LogP contribution in [0.4, 0.5) is 0 Å². The third-order valence-electron chi connectivity index (χ3n) is 3.93. The molecule has 0 saturated carbocycles. The van der Waals surface area contributed by atoms with Gasteiger partial charge >= 0.3 is 0 Å². The highest BCUT2D eigenvalue weighted by Crippen LogP contribution is 2.42. The molecule has 0 aliphatic rings. The van der Waals surface area contributed by atoms with E-state index in [9.17, 15) is 0 Å². The van der Waals surface area contributed by atoms with E-state index >= 15 is 0 Å². The Hall–Kier alpha value is -1.17. The van der Waals surface area contributed by atoms with Crippen LogP contribution >= 0.6 is 7.92 Å². The van der Waals surface area contributed by atoms with Crippen LogP contribution in [0.5, 0.6) is 0 Å². The van der Waals surface area contributed by atoms with Crippen molar-refractivity contribution in [3.8, 4) is 0 Å². The van der Waals surface area contributed by atoms with Gasteiger partial charge in [-0.2, -0.15) is 0 Å². The largest absolute Gasteiger partial charge is 0.376 e. The summed E-state index contributed by atoms with van der Waals surface area (Å²) in [4.78, 5) is 0. The monoisotopic (exact) mass is 314 g/mol. The molecule has 1 atom stereocenters. The summed E-state index contributed by atoms with van der Waals surface area (Å²) in [7, 11) is 1.41. The Bertz CT molecular complexity index is 472. The Balaban J connectivity index is 2.19. The molecule has 118 valence electrons. The average Bonchev–Trinajstić information content (AvgIpc) is 2.59. The molecule has 2 aromatic carbocycles. The summed E-state index contributed by atoms with van der Waals surface area (Å²) in [5.74, 6) is 0.302. The van der Waals surface area contributed by atoms with Gasteiger partial charge in [-0.1, -0.05) is 93.3 Å². The van der Waals surface area contributed by atoms with Crippen molar-refractivity contribution >= 4 is 18.5 Å². The zero-order chi connectivity index (χ0) is 15.6. The number of methoxy groups -OCH3 is 1. The van der Waals surface area contributed by atoms with Crippen molar-refractivity contribution in [2.75, 3.05) is 7.11 Å². The molecule has 0 saturated heterocycles. The normalized spacial score (nSPS) is 12.5. The molecule has 0 bridgehead atoms. The van der Waals surface area contributed by atoms with Gasteiger partial charge < -0.3 is 4.74 Å². The summed E-state index contributed by atoms with van der Waals surface area (Å²) in [6.45, 7) is 2.26. The van der Waals surface area contributed by atoms with Gasteiger partial charge in [0, 0.05) is 7.11 Å². The molecule has 2 aromatic rings. The second-order valence-electron chi connectivity index (χ2n) is 5.58. The second-order valence-corrected chi connectivity index (χ2v) is 7.93. The highest BCUT2D eigenvalue weighted by atomic mass is 31.1. The van der Waals surface area contributed by atoms with Crippen molar-refractivity contribution in [2.45, 2.75) is 44.9 Å². The van der Waals surface area contributed by atoms with E-state index in [4.69, 9.17) is 4.74 Å². The molecule has 1 unspecified atom stereocenters. The van der Waals surface area contributed by atoms with E-state index in [1.807, 2.05) is 7.11 Å². The van der Waals surface area contributed by atoms with Crippen LogP contribution in [-0.2, 0) is 4.74 Å². The fourth-order valence-corrected chi connectivity index (χ4v) is 5.36. The van der Waals surface area contributed by atoms with Gasteiger partial charge in [-0.15, -0.1) is 0 Å². The molecule has 2 heteroatoms. The van der Waals surface area contributed by atoms with Gasteiger partial charge in [0.1, 0.15) is 0 Å². The molecule has 0 N–H and O–H groups in total. The van der Waals surface area contributed by atoms with E-state index in [1.54, 1.807) is 0 Å². The number of hydrogen-bond acceptors (Lipinski definition) is 1. The molecule has 0 fully saturated rings.